The van der Waals surface area contributed by atoms with Crippen molar-refractivity contribution in [2.75, 3.05) is 0 Å². The number of hydrogen-bond acceptors (Lipinski definition) is 3. The average molecular weight is 257 g/mol. The molecule has 1 aromatic carbocycles. The summed E-state index contributed by atoms with van der Waals surface area (Å²) in [6, 6.07) is 1.62. The maximum atomic E-state index is 13.4. The third-order valence-corrected chi connectivity index (χ3v) is 2.26. The number of benzene rings is 1. The molecule has 0 saturated carbocycles. The second kappa shape index (κ2) is 4.17. The zero-order chi connectivity index (χ0) is 13.4. The zero-order valence-electron chi connectivity index (χ0n) is 9.00. The topological polar surface area (TPSA) is 63.3 Å². The number of halogens is 3. The molecule has 0 radical (unpaired) electrons. The first-order chi connectivity index (χ1) is 8.41. The molecule has 0 unspecified atom stereocenters. The van der Waals surface area contributed by atoms with E-state index in [1.807, 2.05) is 0 Å². The highest BCUT2D eigenvalue weighted by Gasteiger charge is 2.22. The van der Waals surface area contributed by atoms with E-state index in [1.54, 1.807) is 0 Å². The molecule has 0 spiro atoms. The van der Waals surface area contributed by atoms with Crippen molar-refractivity contribution in [3.05, 3.63) is 41.0 Å². The molecule has 0 amide bonds. The number of carboxylic acid groups (broad SMARTS) is 1. The smallest absolute Gasteiger partial charge is 0.373 e. The SMILES string of the molecule is Cc1nc(-c2ccc(F)c(F)c2F)oc1C(=O)O. The highest BCUT2D eigenvalue weighted by atomic mass is 19.2. The Balaban J connectivity index is 2.60. The van der Waals surface area contributed by atoms with E-state index >= 15 is 0 Å². The lowest BCUT2D eigenvalue weighted by molar-refractivity contribution is 0.0662. The Morgan fingerprint density at radius 2 is 1.94 bits per heavy atom. The highest BCUT2D eigenvalue weighted by molar-refractivity contribution is 5.86. The maximum absolute atomic E-state index is 13.4. The van der Waals surface area contributed by atoms with E-state index < -0.39 is 40.6 Å². The fraction of sp³-hybridized carbons (Fsp3) is 0.0909. The van der Waals surface area contributed by atoms with E-state index in [4.69, 9.17) is 9.52 Å². The van der Waals surface area contributed by atoms with Gasteiger partial charge in [-0.3, -0.25) is 0 Å². The minimum atomic E-state index is -1.67. The van der Waals surface area contributed by atoms with Crippen molar-refractivity contribution >= 4 is 5.97 Å². The van der Waals surface area contributed by atoms with Crippen LogP contribution >= 0.6 is 0 Å². The maximum Gasteiger partial charge on any atom is 0.373 e. The monoisotopic (exact) mass is 257 g/mol. The van der Waals surface area contributed by atoms with Crippen LogP contribution in [0.3, 0.4) is 0 Å². The van der Waals surface area contributed by atoms with Gasteiger partial charge in [0, 0.05) is 0 Å². The molecule has 18 heavy (non-hydrogen) atoms. The summed E-state index contributed by atoms with van der Waals surface area (Å²) in [6.07, 6.45) is 0. The summed E-state index contributed by atoms with van der Waals surface area (Å²) < 4.78 is 44.0. The van der Waals surface area contributed by atoms with Crippen molar-refractivity contribution in [2.45, 2.75) is 6.92 Å². The van der Waals surface area contributed by atoms with Crippen LogP contribution in [0.25, 0.3) is 11.5 Å². The lowest BCUT2D eigenvalue weighted by Gasteiger charge is -1.99. The minimum absolute atomic E-state index is 0.0154. The van der Waals surface area contributed by atoms with Gasteiger partial charge in [0.15, 0.2) is 17.5 Å². The zero-order valence-corrected chi connectivity index (χ0v) is 9.00. The van der Waals surface area contributed by atoms with Gasteiger partial charge in [0.25, 0.3) is 0 Å². The Morgan fingerprint density at radius 1 is 1.28 bits per heavy atom. The van der Waals surface area contributed by atoms with Crippen molar-refractivity contribution in [1.29, 1.82) is 0 Å². The quantitative estimate of drug-likeness (QED) is 0.840. The Bertz CT molecular complexity index is 637. The van der Waals surface area contributed by atoms with Gasteiger partial charge in [0.05, 0.1) is 11.3 Å². The first-order valence-electron chi connectivity index (χ1n) is 4.76. The highest BCUT2D eigenvalue weighted by Crippen LogP contribution is 2.27. The van der Waals surface area contributed by atoms with Gasteiger partial charge >= 0.3 is 5.97 Å². The number of nitrogens with zero attached hydrogens (tertiary/aromatic N) is 1. The summed E-state index contributed by atoms with van der Waals surface area (Å²) in [6.45, 7) is 1.34. The van der Waals surface area contributed by atoms with Crippen LogP contribution in [0.2, 0.25) is 0 Å². The molecule has 2 aromatic rings. The lowest BCUT2D eigenvalue weighted by atomic mass is 10.2. The molecule has 4 nitrogen and oxygen atoms in total. The Labute approximate surface area is 98.7 Å². The van der Waals surface area contributed by atoms with Crippen molar-refractivity contribution < 1.29 is 27.5 Å². The molecular weight excluding hydrogens is 251 g/mol. The lowest BCUT2D eigenvalue weighted by Crippen LogP contribution is -1.95. The van der Waals surface area contributed by atoms with Crippen LogP contribution in [-0.2, 0) is 0 Å². The van der Waals surface area contributed by atoms with Gasteiger partial charge in [-0.2, -0.15) is 0 Å². The van der Waals surface area contributed by atoms with Crippen LogP contribution in [-0.4, -0.2) is 16.1 Å². The summed E-state index contributed by atoms with van der Waals surface area (Å²) in [5, 5.41) is 8.73. The number of aromatic carboxylic acids is 1. The molecule has 0 atom stereocenters. The molecule has 7 heteroatoms. The standard InChI is InChI=1S/C11H6F3NO3/c1-4-9(11(16)17)18-10(15-4)5-2-3-6(12)8(14)7(5)13/h2-3H,1H3,(H,16,17). The predicted molar refractivity (Wildman–Crippen MR) is 53.5 cm³/mol. The number of carboxylic acids is 1. The van der Waals surface area contributed by atoms with Gasteiger partial charge in [0.1, 0.15) is 0 Å². The van der Waals surface area contributed by atoms with Crippen LogP contribution in [0.4, 0.5) is 13.2 Å². The van der Waals surface area contributed by atoms with Gasteiger partial charge in [0.2, 0.25) is 11.7 Å². The average Bonchev–Trinajstić information content (AvgIpc) is 2.68. The third-order valence-electron chi connectivity index (χ3n) is 2.26. The van der Waals surface area contributed by atoms with E-state index in [1.165, 1.54) is 6.92 Å². The van der Waals surface area contributed by atoms with E-state index in [0.717, 1.165) is 6.07 Å². The normalized spacial score (nSPS) is 10.7. The first kappa shape index (κ1) is 12.2. The fourth-order valence-corrected chi connectivity index (χ4v) is 1.40. The molecule has 0 saturated heterocycles. The summed E-state index contributed by atoms with van der Waals surface area (Å²) in [5.41, 5.74) is -0.425. The summed E-state index contributed by atoms with van der Waals surface area (Å²) in [7, 11) is 0. The number of aryl methyl sites for hydroxylation is 1. The van der Waals surface area contributed by atoms with E-state index in [-0.39, 0.29) is 5.69 Å². The van der Waals surface area contributed by atoms with Crippen LogP contribution in [0.1, 0.15) is 16.2 Å². The van der Waals surface area contributed by atoms with Crippen molar-refractivity contribution in [1.82, 2.24) is 4.98 Å². The van der Waals surface area contributed by atoms with Gasteiger partial charge in [-0.1, -0.05) is 0 Å². The molecule has 0 bridgehead atoms. The molecule has 1 heterocycles. The Kier molecular flexibility index (Phi) is 2.82. The molecule has 0 aliphatic heterocycles. The van der Waals surface area contributed by atoms with Crippen LogP contribution in [0.5, 0.6) is 0 Å². The van der Waals surface area contributed by atoms with Crippen molar-refractivity contribution in [3.63, 3.8) is 0 Å². The third kappa shape index (κ3) is 1.83. The van der Waals surface area contributed by atoms with Gasteiger partial charge in [-0.25, -0.2) is 22.9 Å². The van der Waals surface area contributed by atoms with Crippen LogP contribution in [0, 0.1) is 24.4 Å². The second-order valence-corrected chi connectivity index (χ2v) is 3.46. The summed E-state index contributed by atoms with van der Waals surface area (Å²) in [4.78, 5) is 14.4. The molecule has 2 rings (SSSR count). The van der Waals surface area contributed by atoms with Gasteiger partial charge < -0.3 is 9.52 Å². The molecule has 1 N–H and O–H groups in total. The Morgan fingerprint density at radius 3 is 2.50 bits per heavy atom. The van der Waals surface area contributed by atoms with E-state index in [9.17, 15) is 18.0 Å². The largest absolute Gasteiger partial charge is 0.475 e. The molecule has 1 aromatic heterocycles. The van der Waals surface area contributed by atoms with Gasteiger partial charge in [-0.05, 0) is 19.1 Å². The summed E-state index contributed by atoms with van der Waals surface area (Å²) >= 11 is 0. The van der Waals surface area contributed by atoms with Crippen molar-refractivity contribution in [2.24, 2.45) is 0 Å². The molecular formula is C11H6F3NO3. The van der Waals surface area contributed by atoms with E-state index in [0.29, 0.717) is 6.07 Å². The molecule has 0 aliphatic carbocycles. The number of oxazole rings is 1. The number of carbonyl (C=O) groups is 1. The van der Waals surface area contributed by atoms with Crippen LogP contribution < -0.4 is 0 Å². The molecule has 0 fully saturated rings. The number of hydrogen-bond donors (Lipinski definition) is 1. The second-order valence-electron chi connectivity index (χ2n) is 3.46. The van der Waals surface area contributed by atoms with Crippen molar-refractivity contribution in [3.8, 4) is 11.5 Å². The number of rotatable bonds is 2. The Hall–Kier alpha value is -2.31. The summed E-state index contributed by atoms with van der Waals surface area (Å²) in [5.74, 6) is -6.77. The number of aromatic nitrogens is 1. The fourth-order valence-electron chi connectivity index (χ4n) is 1.40. The van der Waals surface area contributed by atoms with Crippen LogP contribution in [0.15, 0.2) is 16.5 Å². The first-order valence-corrected chi connectivity index (χ1v) is 4.76. The minimum Gasteiger partial charge on any atom is -0.475 e. The molecule has 0 aliphatic rings. The predicted octanol–water partition coefficient (Wildman–Crippen LogP) is 2.77. The van der Waals surface area contributed by atoms with Gasteiger partial charge in [-0.15, -0.1) is 0 Å². The molecule has 94 valence electrons. The van der Waals surface area contributed by atoms with E-state index in [2.05, 4.69) is 4.98 Å².